The van der Waals surface area contributed by atoms with Crippen LogP contribution in [0.1, 0.15) is 5.01 Å². The first-order valence-corrected chi connectivity index (χ1v) is 7.47. The predicted molar refractivity (Wildman–Crippen MR) is 81.6 cm³/mol. The number of fused-ring (bicyclic) bond motifs is 1. The molecule has 0 aromatic carbocycles. The minimum absolute atomic E-state index is 0.362. The first-order chi connectivity index (χ1) is 10.3. The van der Waals surface area contributed by atoms with Crippen LogP contribution < -0.4 is 10.2 Å². The quantitative estimate of drug-likeness (QED) is 0.784. The summed E-state index contributed by atoms with van der Waals surface area (Å²) in [6.07, 6.45) is 5.07. The van der Waals surface area contributed by atoms with E-state index in [9.17, 15) is 0 Å². The van der Waals surface area contributed by atoms with Gasteiger partial charge < -0.3 is 10.2 Å². The van der Waals surface area contributed by atoms with E-state index in [0.717, 1.165) is 39.9 Å². The van der Waals surface area contributed by atoms with Crippen LogP contribution in [-0.2, 0) is 0 Å². The molecule has 0 unspecified atom stereocenters. The Bertz CT molecular complexity index is 776. The molecule has 8 heteroatoms. The summed E-state index contributed by atoms with van der Waals surface area (Å²) in [6.45, 7) is 3.79. The molecule has 4 rings (SSSR count). The topological polar surface area (TPSA) is 79.7 Å². The molecule has 0 aliphatic carbocycles. The van der Waals surface area contributed by atoms with E-state index < -0.39 is 0 Å². The molecule has 0 radical (unpaired) electrons. The molecule has 0 bridgehead atoms. The fraction of sp³-hybridized carbons (Fsp3) is 0.308. The van der Waals surface area contributed by atoms with Gasteiger partial charge in [0.1, 0.15) is 17.2 Å². The van der Waals surface area contributed by atoms with Gasteiger partial charge in [-0.15, -0.1) is 10.2 Å². The molecule has 4 heterocycles. The lowest BCUT2D eigenvalue weighted by Gasteiger charge is -2.39. The van der Waals surface area contributed by atoms with Crippen molar-refractivity contribution in [1.29, 1.82) is 0 Å². The summed E-state index contributed by atoms with van der Waals surface area (Å²) in [5.41, 5.74) is 0.853. The van der Waals surface area contributed by atoms with E-state index in [0.29, 0.717) is 6.04 Å². The van der Waals surface area contributed by atoms with Crippen LogP contribution in [0, 0.1) is 6.92 Å². The van der Waals surface area contributed by atoms with Crippen LogP contribution in [0.25, 0.3) is 10.9 Å². The van der Waals surface area contributed by atoms with Gasteiger partial charge in [0.2, 0.25) is 5.13 Å². The number of pyridine rings is 1. The van der Waals surface area contributed by atoms with Crippen molar-refractivity contribution >= 4 is 33.2 Å². The number of hydrogen-bond donors (Lipinski definition) is 1. The molecule has 1 aliphatic rings. The summed E-state index contributed by atoms with van der Waals surface area (Å²) in [6, 6.07) is 2.29. The van der Waals surface area contributed by atoms with Gasteiger partial charge >= 0.3 is 0 Å². The standard InChI is InChI=1S/C13H13N7S/c1-8-18-19-13(21-8)20-5-9(6-20)17-12-10-2-3-14-4-11(10)15-7-16-12/h2-4,7,9H,5-6H2,1H3,(H,15,16,17). The van der Waals surface area contributed by atoms with Crippen molar-refractivity contribution in [3.8, 4) is 0 Å². The molecular weight excluding hydrogens is 286 g/mol. The summed E-state index contributed by atoms with van der Waals surface area (Å²) in [5, 5.41) is 14.7. The Kier molecular flexibility index (Phi) is 2.88. The van der Waals surface area contributed by atoms with Crippen molar-refractivity contribution in [2.45, 2.75) is 13.0 Å². The lowest BCUT2D eigenvalue weighted by molar-refractivity contribution is 0.546. The van der Waals surface area contributed by atoms with Crippen molar-refractivity contribution in [2.24, 2.45) is 0 Å². The van der Waals surface area contributed by atoms with Crippen LogP contribution in [0.15, 0.2) is 24.8 Å². The molecule has 0 spiro atoms. The Hall–Kier alpha value is -2.35. The number of nitrogens with one attached hydrogen (secondary N) is 1. The van der Waals surface area contributed by atoms with Crippen molar-refractivity contribution in [3.63, 3.8) is 0 Å². The summed E-state index contributed by atoms with van der Waals surface area (Å²) in [7, 11) is 0. The number of rotatable bonds is 3. The van der Waals surface area contributed by atoms with E-state index in [2.05, 4.69) is 35.4 Å². The van der Waals surface area contributed by atoms with Crippen molar-refractivity contribution < 1.29 is 0 Å². The Labute approximate surface area is 125 Å². The Morgan fingerprint density at radius 3 is 3.00 bits per heavy atom. The molecule has 1 N–H and O–H groups in total. The lowest BCUT2D eigenvalue weighted by Crippen LogP contribution is -2.55. The molecular formula is C13H13N7S. The molecule has 3 aromatic heterocycles. The number of anilines is 2. The highest BCUT2D eigenvalue weighted by molar-refractivity contribution is 7.15. The van der Waals surface area contributed by atoms with Crippen molar-refractivity contribution in [2.75, 3.05) is 23.3 Å². The van der Waals surface area contributed by atoms with E-state index in [4.69, 9.17) is 0 Å². The molecule has 0 atom stereocenters. The van der Waals surface area contributed by atoms with Gasteiger partial charge in [-0.05, 0) is 13.0 Å². The second-order valence-electron chi connectivity index (χ2n) is 4.96. The maximum Gasteiger partial charge on any atom is 0.208 e. The zero-order valence-electron chi connectivity index (χ0n) is 11.4. The Morgan fingerprint density at radius 2 is 2.19 bits per heavy atom. The van der Waals surface area contributed by atoms with Crippen LogP contribution in [0.5, 0.6) is 0 Å². The molecule has 3 aromatic rings. The minimum atomic E-state index is 0.362. The van der Waals surface area contributed by atoms with E-state index in [1.165, 1.54) is 0 Å². The highest BCUT2D eigenvalue weighted by Crippen LogP contribution is 2.26. The molecule has 106 valence electrons. The van der Waals surface area contributed by atoms with Gasteiger partial charge in [0.15, 0.2) is 0 Å². The van der Waals surface area contributed by atoms with E-state index in [1.54, 1.807) is 30.1 Å². The lowest BCUT2D eigenvalue weighted by atomic mass is 10.1. The van der Waals surface area contributed by atoms with Crippen LogP contribution >= 0.6 is 11.3 Å². The molecule has 1 aliphatic heterocycles. The van der Waals surface area contributed by atoms with Gasteiger partial charge in [-0.25, -0.2) is 9.97 Å². The van der Waals surface area contributed by atoms with Crippen LogP contribution in [0.3, 0.4) is 0 Å². The summed E-state index contributed by atoms with van der Waals surface area (Å²) in [4.78, 5) is 14.9. The average Bonchev–Trinajstić information content (AvgIpc) is 2.88. The zero-order valence-corrected chi connectivity index (χ0v) is 12.2. The van der Waals surface area contributed by atoms with E-state index >= 15 is 0 Å². The summed E-state index contributed by atoms with van der Waals surface area (Å²) >= 11 is 1.62. The first-order valence-electron chi connectivity index (χ1n) is 6.66. The van der Waals surface area contributed by atoms with Crippen LogP contribution in [-0.4, -0.2) is 44.3 Å². The summed E-state index contributed by atoms with van der Waals surface area (Å²) < 4.78 is 0. The molecule has 1 saturated heterocycles. The monoisotopic (exact) mass is 299 g/mol. The molecule has 0 amide bonds. The zero-order chi connectivity index (χ0) is 14.2. The molecule has 1 fully saturated rings. The van der Waals surface area contributed by atoms with Gasteiger partial charge in [-0.1, -0.05) is 11.3 Å². The predicted octanol–water partition coefficient (Wildman–Crippen LogP) is 1.49. The Balaban J connectivity index is 1.48. The fourth-order valence-corrected chi connectivity index (χ4v) is 3.06. The third-order valence-corrected chi connectivity index (χ3v) is 4.35. The van der Waals surface area contributed by atoms with Crippen molar-refractivity contribution in [3.05, 3.63) is 29.8 Å². The van der Waals surface area contributed by atoms with Gasteiger partial charge in [0.25, 0.3) is 0 Å². The number of nitrogens with zero attached hydrogens (tertiary/aromatic N) is 6. The smallest absolute Gasteiger partial charge is 0.208 e. The van der Waals surface area contributed by atoms with Crippen molar-refractivity contribution in [1.82, 2.24) is 25.1 Å². The average molecular weight is 299 g/mol. The normalized spacial score (nSPS) is 15.2. The molecule has 21 heavy (non-hydrogen) atoms. The highest BCUT2D eigenvalue weighted by Gasteiger charge is 2.29. The third-order valence-electron chi connectivity index (χ3n) is 3.45. The van der Waals surface area contributed by atoms with Gasteiger partial charge in [-0.2, -0.15) is 0 Å². The second kappa shape index (κ2) is 4.88. The number of aryl methyl sites for hydroxylation is 1. The maximum atomic E-state index is 4.34. The fourth-order valence-electron chi connectivity index (χ4n) is 2.36. The third kappa shape index (κ3) is 2.27. The van der Waals surface area contributed by atoms with Crippen LogP contribution in [0.2, 0.25) is 0 Å². The first kappa shape index (κ1) is 12.4. The minimum Gasteiger partial charge on any atom is -0.363 e. The van der Waals surface area contributed by atoms with E-state index in [-0.39, 0.29) is 0 Å². The highest BCUT2D eigenvalue weighted by atomic mass is 32.1. The second-order valence-corrected chi connectivity index (χ2v) is 6.13. The Morgan fingerprint density at radius 1 is 1.29 bits per heavy atom. The van der Waals surface area contributed by atoms with Crippen LogP contribution in [0.4, 0.5) is 10.9 Å². The maximum absolute atomic E-state index is 4.34. The van der Waals surface area contributed by atoms with Gasteiger partial charge in [0, 0.05) is 24.7 Å². The van der Waals surface area contributed by atoms with Gasteiger partial charge in [0.05, 0.1) is 17.8 Å². The van der Waals surface area contributed by atoms with Gasteiger partial charge in [-0.3, -0.25) is 4.98 Å². The largest absolute Gasteiger partial charge is 0.363 e. The number of hydrogen-bond acceptors (Lipinski definition) is 8. The number of aromatic nitrogens is 5. The summed E-state index contributed by atoms with van der Waals surface area (Å²) in [5.74, 6) is 0.862. The SMILES string of the molecule is Cc1nnc(N2CC(Nc3ncnc4cnccc34)C2)s1. The molecule has 7 nitrogen and oxygen atoms in total. The van der Waals surface area contributed by atoms with E-state index in [1.807, 2.05) is 13.0 Å². The molecule has 0 saturated carbocycles.